The van der Waals surface area contributed by atoms with E-state index in [0.29, 0.717) is 22.3 Å². The van der Waals surface area contributed by atoms with E-state index in [4.69, 9.17) is 22.6 Å². The number of rotatable bonds is 3. The SMILES string of the molecule is Cc1c(-c2ccc([N+](=O)[O-])cc2C(N)=O)ccc(C#N)c1Cl. The van der Waals surface area contributed by atoms with Gasteiger partial charge in [-0.25, -0.2) is 0 Å². The summed E-state index contributed by atoms with van der Waals surface area (Å²) in [5.41, 5.74) is 7.05. The molecule has 0 bridgehead atoms. The number of nitro groups is 1. The van der Waals surface area contributed by atoms with Crippen molar-refractivity contribution in [3.05, 3.63) is 62.2 Å². The second kappa shape index (κ2) is 5.84. The molecule has 0 unspecified atom stereocenters. The lowest BCUT2D eigenvalue weighted by Gasteiger charge is -2.12. The number of nitriles is 1. The molecule has 0 spiro atoms. The molecule has 0 saturated carbocycles. The minimum atomic E-state index is -0.779. The summed E-state index contributed by atoms with van der Waals surface area (Å²) in [5, 5.41) is 20.1. The van der Waals surface area contributed by atoms with Gasteiger partial charge in [0.25, 0.3) is 5.69 Å². The van der Waals surface area contributed by atoms with E-state index in [2.05, 4.69) is 0 Å². The summed E-state index contributed by atoms with van der Waals surface area (Å²) < 4.78 is 0. The normalized spacial score (nSPS) is 10.0. The van der Waals surface area contributed by atoms with E-state index in [1.165, 1.54) is 18.2 Å². The molecule has 1 amide bonds. The number of carbonyl (C=O) groups excluding carboxylic acids is 1. The molecule has 0 aliphatic carbocycles. The van der Waals surface area contributed by atoms with Gasteiger partial charge in [0.1, 0.15) is 6.07 Å². The maximum absolute atomic E-state index is 11.6. The monoisotopic (exact) mass is 315 g/mol. The molecule has 0 aliphatic rings. The standard InChI is InChI=1S/C15H10ClN3O3/c1-8-11(4-2-9(7-17)14(8)16)12-5-3-10(19(21)22)6-13(12)15(18)20/h2-6H,1H3,(H2,18,20). The molecule has 110 valence electrons. The van der Waals surface area contributed by atoms with Gasteiger partial charge in [0.15, 0.2) is 0 Å². The second-order valence-electron chi connectivity index (χ2n) is 4.56. The van der Waals surface area contributed by atoms with Crippen LogP contribution in [0.3, 0.4) is 0 Å². The molecule has 0 heterocycles. The van der Waals surface area contributed by atoms with Crippen LogP contribution in [0.15, 0.2) is 30.3 Å². The summed E-state index contributed by atoms with van der Waals surface area (Å²) in [7, 11) is 0. The third-order valence-corrected chi connectivity index (χ3v) is 3.76. The van der Waals surface area contributed by atoms with Crippen LogP contribution in [-0.2, 0) is 0 Å². The fourth-order valence-corrected chi connectivity index (χ4v) is 2.35. The van der Waals surface area contributed by atoms with Crippen molar-refractivity contribution >= 4 is 23.2 Å². The van der Waals surface area contributed by atoms with Gasteiger partial charge in [-0.15, -0.1) is 0 Å². The number of carbonyl (C=O) groups is 1. The Morgan fingerprint density at radius 3 is 2.50 bits per heavy atom. The molecule has 0 atom stereocenters. The molecule has 22 heavy (non-hydrogen) atoms. The third kappa shape index (κ3) is 2.62. The van der Waals surface area contributed by atoms with E-state index in [-0.39, 0.29) is 16.3 Å². The Kier molecular flexibility index (Phi) is 4.11. The molecule has 0 aromatic heterocycles. The number of non-ortho nitro benzene ring substituents is 1. The largest absolute Gasteiger partial charge is 0.366 e. The van der Waals surface area contributed by atoms with Gasteiger partial charge < -0.3 is 5.73 Å². The van der Waals surface area contributed by atoms with Crippen LogP contribution in [-0.4, -0.2) is 10.8 Å². The zero-order chi connectivity index (χ0) is 16.4. The summed E-state index contributed by atoms with van der Waals surface area (Å²) in [4.78, 5) is 21.8. The van der Waals surface area contributed by atoms with E-state index < -0.39 is 10.8 Å². The number of benzene rings is 2. The Morgan fingerprint density at radius 1 is 1.32 bits per heavy atom. The van der Waals surface area contributed by atoms with Crippen molar-refractivity contribution in [2.24, 2.45) is 5.73 Å². The van der Waals surface area contributed by atoms with Gasteiger partial charge in [-0.2, -0.15) is 5.26 Å². The summed E-state index contributed by atoms with van der Waals surface area (Å²) in [5.74, 6) is -0.779. The maximum atomic E-state index is 11.6. The quantitative estimate of drug-likeness (QED) is 0.692. The first-order valence-electron chi connectivity index (χ1n) is 6.14. The molecule has 7 heteroatoms. The Bertz CT molecular complexity index is 841. The van der Waals surface area contributed by atoms with E-state index in [9.17, 15) is 14.9 Å². The van der Waals surface area contributed by atoms with Gasteiger partial charge >= 0.3 is 0 Å². The average Bonchev–Trinajstić information content (AvgIpc) is 2.49. The highest BCUT2D eigenvalue weighted by atomic mass is 35.5. The lowest BCUT2D eigenvalue weighted by Crippen LogP contribution is -2.13. The third-order valence-electron chi connectivity index (χ3n) is 3.28. The Balaban J connectivity index is 2.73. The lowest BCUT2D eigenvalue weighted by molar-refractivity contribution is -0.384. The molecule has 0 saturated heterocycles. The molecular weight excluding hydrogens is 306 g/mol. The summed E-state index contributed by atoms with van der Waals surface area (Å²) in [6.07, 6.45) is 0. The second-order valence-corrected chi connectivity index (χ2v) is 4.94. The molecule has 2 aromatic carbocycles. The van der Waals surface area contributed by atoms with Crippen LogP contribution in [0.1, 0.15) is 21.5 Å². The van der Waals surface area contributed by atoms with Crippen molar-refractivity contribution in [1.29, 1.82) is 5.26 Å². The van der Waals surface area contributed by atoms with Crippen LogP contribution < -0.4 is 5.73 Å². The average molecular weight is 316 g/mol. The summed E-state index contributed by atoms with van der Waals surface area (Å²) in [6, 6.07) is 8.98. The van der Waals surface area contributed by atoms with E-state index >= 15 is 0 Å². The fraction of sp³-hybridized carbons (Fsp3) is 0.0667. The number of halogens is 1. The van der Waals surface area contributed by atoms with E-state index in [0.717, 1.165) is 6.07 Å². The first-order chi connectivity index (χ1) is 10.4. The van der Waals surface area contributed by atoms with Crippen molar-refractivity contribution in [2.45, 2.75) is 6.92 Å². The molecule has 2 N–H and O–H groups in total. The number of nitro benzene ring substituents is 1. The highest BCUT2D eigenvalue weighted by Crippen LogP contribution is 2.34. The Hall–Kier alpha value is -2.91. The van der Waals surface area contributed by atoms with Gasteiger partial charge in [-0.1, -0.05) is 17.7 Å². The lowest BCUT2D eigenvalue weighted by atomic mass is 9.94. The number of nitrogens with two attached hydrogens (primary N) is 1. The predicted molar refractivity (Wildman–Crippen MR) is 81.5 cm³/mol. The molecular formula is C15H10ClN3O3. The minimum absolute atomic E-state index is 0.0260. The van der Waals surface area contributed by atoms with Crippen LogP contribution in [0, 0.1) is 28.4 Å². The topological polar surface area (TPSA) is 110 Å². The van der Waals surface area contributed by atoms with Crippen LogP contribution in [0.5, 0.6) is 0 Å². The summed E-state index contributed by atoms with van der Waals surface area (Å²) >= 11 is 6.12. The first kappa shape index (κ1) is 15.5. The first-order valence-corrected chi connectivity index (χ1v) is 6.52. The Morgan fingerprint density at radius 2 is 1.95 bits per heavy atom. The van der Waals surface area contributed by atoms with Gasteiger partial charge in [-0.05, 0) is 35.7 Å². The maximum Gasteiger partial charge on any atom is 0.270 e. The van der Waals surface area contributed by atoms with Crippen LogP contribution in [0.25, 0.3) is 11.1 Å². The van der Waals surface area contributed by atoms with Crippen molar-refractivity contribution in [3.8, 4) is 17.2 Å². The molecule has 2 rings (SSSR count). The van der Waals surface area contributed by atoms with Crippen molar-refractivity contribution in [2.75, 3.05) is 0 Å². The zero-order valence-corrected chi connectivity index (χ0v) is 12.2. The van der Waals surface area contributed by atoms with Crippen LogP contribution >= 0.6 is 11.6 Å². The van der Waals surface area contributed by atoms with Crippen molar-refractivity contribution < 1.29 is 9.72 Å². The van der Waals surface area contributed by atoms with Crippen molar-refractivity contribution in [3.63, 3.8) is 0 Å². The predicted octanol–water partition coefficient (Wildman–Crippen LogP) is 3.19. The van der Waals surface area contributed by atoms with Crippen LogP contribution in [0.2, 0.25) is 5.02 Å². The van der Waals surface area contributed by atoms with Gasteiger partial charge in [-0.3, -0.25) is 14.9 Å². The number of hydrogen-bond acceptors (Lipinski definition) is 4. The van der Waals surface area contributed by atoms with Gasteiger partial charge in [0.05, 0.1) is 21.1 Å². The number of amides is 1. The number of primary amides is 1. The van der Waals surface area contributed by atoms with Crippen LogP contribution in [0.4, 0.5) is 5.69 Å². The highest BCUT2D eigenvalue weighted by molar-refractivity contribution is 6.33. The fourth-order valence-electron chi connectivity index (χ4n) is 2.15. The molecule has 6 nitrogen and oxygen atoms in total. The Labute approximate surface area is 130 Å². The zero-order valence-electron chi connectivity index (χ0n) is 11.5. The van der Waals surface area contributed by atoms with E-state index in [1.807, 2.05) is 6.07 Å². The number of hydrogen-bond donors (Lipinski definition) is 1. The van der Waals surface area contributed by atoms with E-state index in [1.54, 1.807) is 13.0 Å². The molecule has 2 aromatic rings. The molecule has 0 radical (unpaired) electrons. The minimum Gasteiger partial charge on any atom is -0.366 e. The molecule has 0 fully saturated rings. The number of nitrogens with zero attached hydrogens (tertiary/aromatic N) is 2. The van der Waals surface area contributed by atoms with Gasteiger partial charge in [0, 0.05) is 12.1 Å². The molecule has 0 aliphatic heterocycles. The summed E-state index contributed by atoms with van der Waals surface area (Å²) in [6.45, 7) is 1.70. The van der Waals surface area contributed by atoms with Gasteiger partial charge in [0.2, 0.25) is 5.91 Å². The van der Waals surface area contributed by atoms with Crippen molar-refractivity contribution in [1.82, 2.24) is 0 Å². The highest BCUT2D eigenvalue weighted by Gasteiger charge is 2.18. The smallest absolute Gasteiger partial charge is 0.270 e.